The van der Waals surface area contributed by atoms with Crippen LogP contribution in [0.25, 0.3) is 0 Å². The van der Waals surface area contributed by atoms with Crippen LogP contribution in [0.2, 0.25) is 0 Å². The average Bonchev–Trinajstić information content (AvgIpc) is 3.12. The number of rotatable bonds is 6. The van der Waals surface area contributed by atoms with Crippen molar-refractivity contribution in [1.29, 1.82) is 0 Å². The minimum absolute atomic E-state index is 0.115. The lowest BCUT2D eigenvalue weighted by molar-refractivity contribution is -0.134. The van der Waals surface area contributed by atoms with Crippen molar-refractivity contribution in [2.75, 3.05) is 38.5 Å². The van der Waals surface area contributed by atoms with Gasteiger partial charge in [0.25, 0.3) is 11.5 Å². The van der Waals surface area contributed by atoms with Crippen LogP contribution in [-0.2, 0) is 16.6 Å². The highest BCUT2D eigenvalue weighted by atomic mass is 79.9. The van der Waals surface area contributed by atoms with Crippen LogP contribution in [0.15, 0.2) is 58.1 Å². The molecule has 0 bridgehead atoms. The quantitative estimate of drug-likeness (QED) is 0.340. The number of amides is 3. The topological polar surface area (TPSA) is 130 Å². The molecule has 2 N–H and O–H groups in total. The van der Waals surface area contributed by atoms with Crippen molar-refractivity contribution in [2.45, 2.75) is 81.6 Å². The number of nitrogens with zero attached hydrogens (tertiary/aromatic N) is 5. The number of aromatic nitrogens is 3. The van der Waals surface area contributed by atoms with Gasteiger partial charge in [0.1, 0.15) is 4.47 Å². The zero-order valence-electron chi connectivity index (χ0n) is 28.9. The molecule has 7 rings (SSSR count). The number of anilines is 1. The van der Waals surface area contributed by atoms with Crippen molar-refractivity contribution in [2.24, 2.45) is 12.5 Å². The fraction of sp³-hybridized carbons (Fsp3) is 0.526. The van der Waals surface area contributed by atoms with E-state index in [1.807, 2.05) is 29.3 Å². The van der Waals surface area contributed by atoms with E-state index in [1.165, 1.54) is 10.2 Å². The minimum Gasteiger partial charge on any atom is -0.379 e. The Kier molecular flexibility index (Phi) is 9.93. The van der Waals surface area contributed by atoms with E-state index in [4.69, 9.17) is 4.98 Å². The molecule has 1 saturated carbocycles. The van der Waals surface area contributed by atoms with E-state index in [0.717, 1.165) is 87.9 Å². The van der Waals surface area contributed by atoms with Crippen molar-refractivity contribution in [3.8, 4) is 0 Å². The summed E-state index contributed by atoms with van der Waals surface area (Å²) < 4.78 is 1.81. The van der Waals surface area contributed by atoms with Gasteiger partial charge in [0.05, 0.1) is 17.8 Å². The molecule has 1 aliphatic carbocycles. The summed E-state index contributed by atoms with van der Waals surface area (Å²) in [6.45, 7) is 3.37. The molecule has 50 heavy (non-hydrogen) atoms. The number of carbonyl (C=O) groups is 3. The summed E-state index contributed by atoms with van der Waals surface area (Å²) in [6, 6.07) is 12.4. The smallest absolute Gasteiger partial charge is 0.282 e. The van der Waals surface area contributed by atoms with Gasteiger partial charge in [-0.25, -0.2) is 4.68 Å². The van der Waals surface area contributed by atoms with E-state index in [-0.39, 0.29) is 35.2 Å². The molecular formula is C38H46BrN7O4. The number of imide groups is 1. The first-order chi connectivity index (χ1) is 24.1. The highest BCUT2D eigenvalue weighted by Gasteiger charge is 2.40. The predicted molar refractivity (Wildman–Crippen MR) is 194 cm³/mol. The molecule has 2 aromatic heterocycles. The molecule has 3 saturated heterocycles. The van der Waals surface area contributed by atoms with Crippen molar-refractivity contribution in [1.82, 2.24) is 29.9 Å². The van der Waals surface area contributed by atoms with E-state index in [0.29, 0.717) is 40.3 Å². The second-order valence-corrected chi connectivity index (χ2v) is 15.8. The Morgan fingerprint density at radius 2 is 1.62 bits per heavy atom. The molecule has 1 spiro atoms. The number of pyridine rings is 1. The van der Waals surface area contributed by atoms with Crippen molar-refractivity contribution < 1.29 is 14.4 Å². The summed E-state index contributed by atoms with van der Waals surface area (Å²) in [6.07, 6.45) is 11.9. The molecular weight excluding hydrogens is 698 g/mol. The summed E-state index contributed by atoms with van der Waals surface area (Å²) in [5.74, 6) is 0.108. The number of aryl methyl sites for hydroxylation is 1. The van der Waals surface area contributed by atoms with Gasteiger partial charge in [-0.3, -0.25) is 29.5 Å². The molecule has 1 aromatic carbocycles. The number of halogens is 1. The number of likely N-dealkylation sites (tertiary alicyclic amines) is 2. The van der Waals surface area contributed by atoms with E-state index >= 15 is 0 Å². The second-order valence-electron chi connectivity index (χ2n) is 15.0. The van der Waals surface area contributed by atoms with Gasteiger partial charge in [0.15, 0.2) is 0 Å². The highest BCUT2D eigenvalue weighted by molar-refractivity contribution is 9.10. The minimum atomic E-state index is -0.301. The Bertz CT molecular complexity index is 1790. The Hall–Kier alpha value is -3.90. The average molecular weight is 745 g/mol. The summed E-state index contributed by atoms with van der Waals surface area (Å²) in [4.78, 5) is 58.8. The first kappa shape index (κ1) is 34.5. The summed E-state index contributed by atoms with van der Waals surface area (Å²) >= 11 is 3.43. The Balaban J connectivity index is 0.901. The van der Waals surface area contributed by atoms with Gasteiger partial charge in [-0.2, -0.15) is 5.10 Å². The Morgan fingerprint density at radius 3 is 2.30 bits per heavy atom. The molecule has 3 atom stereocenters. The van der Waals surface area contributed by atoms with Crippen LogP contribution < -0.4 is 16.2 Å². The van der Waals surface area contributed by atoms with Crippen molar-refractivity contribution >= 4 is 39.3 Å². The SMILES string of the molecule is CN1CC(Nc2cnn(C)c(=O)c2Br)CC(c2ccc(C(=O)N3CCC4(CCC(c5ccc(C6CCC(=O)NC6=O)cn5)CC4)CC3)cc2)C1. The summed E-state index contributed by atoms with van der Waals surface area (Å²) in [7, 11) is 3.75. The maximum atomic E-state index is 13.6. The number of piperidine rings is 3. The molecule has 3 unspecified atom stereocenters. The van der Waals surface area contributed by atoms with E-state index in [2.05, 4.69) is 61.8 Å². The zero-order valence-corrected chi connectivity index (χ0v) is 30.5. The fourth-order valence-electron chi connectivity index (χ4n) is 8.66. The largest absolute Gasteiger partial charge is 0.379 e. The molecule has 4 fully saturated rings. The third-order valence-electron chi connectivity index (χ3n) is 11.7. The lowest BCUT2D eigenvalue weighted by Crippen LogP contribution is -2.44. The molecule has 264 valence electrons. The lowest BCUT2D eigenvalue weighted by atomic mass is 9.65. The molecule has 0 radical (unpaired) electrons. The Morgan fingerprint density at radius 1 is 0.900 bits per heavy atom. The van der Waals surface area contributed by atoms with Crippen molar-refractivity contribution in [3.05, 3.63) is 86.0 Å². The number of carbonyl (C=O) groups excluding carboxylic acids is 3. The molecule has 3 aromatic rings. The van der Waals surface area contributed by atoms with Crippen molar-refractivity contribution in [3.63, 3.8) is 0 Å². The van der Waals surface area contributed by atoms with Crippen LogP contribution in [-0.4, -0.2) is 81.6 Å². The molecule has 3 aliphatic heterocycles. The van der Waals surface area contributed by atoms with Gasteiger partial charge in [-0.1, -0.05) is 18.2 Å². The third kappa shape index (κ3) is 7.28. The standard InChI is InChI=1S/C38H46BrN7O4/c1-44-22-28(19-29(23-44)42-32-21-41-45(2)37(50)34(32)39)24-3-5-26(6-4-24)36(49)46-17-15-38(16-18-46)13-11-25(12-14-38)31-9-7-27(20-40-31)30-8-10-33(47)43-35(30)48/h3-7,9,20-21,25,28-30,42H,8,10-19,22-23H2,1-2H3,(H,43,47,48). The van der Waals surface area contributed by atoms with Crippen LogP contribution >= 0.6 is 15.9 Å². The van der Waals surface area contributed by atoms with Gasteiger partial charge in [-0.15, -0.1) is 0 Å². The van der Waals surface area contributed by atoms with Gasteiger partial charge in [0, 0.05) is 69.1 Å². The first-order valence-corrected chi connectivity index (χ1v) is 18.7. The molecule has 5 heterocycles. The van der Waals surface area contributed by atoms with Crippen LogP contribution in [0.3, 0.4) is 0 Å². The second kappa shape index (κ2) is 14.4. The number of likely N-dealkylation sites (N-methyl/N-ethyl adjacent to an activating group) is 1. The number of hydrogen-bond donors (Lipinski definition) is 2. The van der Waals surface area contributed by atoms with Gasteiger partial charge in [0.2, 0.25) is 11.8 Å². The van der Waals surface area contributed by atoms with Crippen LogP contribution in [0, 0.1) is 5.41 Å². The number of benzene rings is 1. The van der Waals surface area contributed by atoms with Gasteiger partial charge >= 0.3 is 0 Å². The van der Waals surface area contributed by atoms with Gasteiger partial charge < -0.3 is 15.1 Å². The van der Waals surface area contributed by atoms with Crippen LogP contribution in [0.5, 0.6) is 0 Å². The molecule has 11 nitrogen and oxygen atoms in total. The van der Waals surface area contributed by atoms with E-state index < -0.39 is 0 Å². The number of nitrogens with one attached hydrogen (secondary N) is 2. The zero-order chi connectivity index (χ0) is 35.0. The van der Waals surface area contributed by atoms with Crippen LogP contribution in [0.4, 0.5) is 5.69 Å². The van der Waals surface area contributed by atoms with Gasteiger partial charge in [-0.05, 0) is 115 Å². The number of hydrogen-bond acceptors (Lipinski definition) is 8. The normalized spacial score (nSPS) is 24.6. The third-order valence-corrected chi connectivity index (χ3v) is 12.5. The summed E-state index contributed by atoms with van der Waals surface area (Å²) in [5, 5.41) is 10.1. The maximum Gasteiger partial charge on any atom is 0.282 e. The first-order valence-electron chi connectivity index (χ1n) is 17.9. The van der Waals surface area contributed by atoms with E-state index in [9.17, 15) is 19.2 Å². The van der Waals surface area contributed by atoms with Crippen LogP contribution in [0.1, 0.15) is 103 Å². The fourth-order valence-corrected chi connectivity index (χ4v) is 9.14. The lowest BCUT2D eigenvalue weighted by Gasteiger charge is -2.46. The van der Waals surface area contributed by atoms with E-state index in [1.54, 1.807) is 13.2 Å². The highest BCUT2D eigenvalue weighted by Crippen LogP contribution is 2.49. The molecule has 4 aliphatic rings. The molecule has 3 amide bonds. The monoisotopic (exact) mass is 743 g/mol. The maximum absolute atomic E-state index is 13.6. The Labute approximate surface area is 301 Å². The molecule has 12 heteroatoms. The summed E-state index contributed by atoms with van der Waals surface area (Å²) in [5.41, 5.74) is 4.76. The predicted octanol–water partition coefficient (Wildman–Crippen LogP) is 4.94.